The Bertz CT molecular complexity index is 948. The number of benzene rings is 1. The van der Waals surface area contributed by atoms with Gasteiger partial charge in [0.2, 0.25) is 0 Å². The Balaban J connectivity index is 0.000000315. The second-order valence-corrected chi connectivity index (χ2v) is 17.8. The largest absolute Gasteiger partial charge is 0.260 e. The van der Waals surface area contributed by atoms with Crippen molar-refractivity contribution in [1.29, 1.82) is 0 Å². The molecule has 234 valence electrons. The van der Waals surface area contributed by atoms with Gasteiger partial charge in [0.1, 0.15) is 0 Å². The Labute approximate surface area is 260 Å². The zero-order chi connectivity index (χ0) is 32.9. The molecule has 0 spiro atoms. The molecule has 0 aliphatic carbocycles. The van der Waals surface area contributed by atoms with Crippen LogP contribution in [-0.4, -0.2) is 15.0 Å². The van der Waals surface area contributed by atoms with Crippen molar-refractivity contribution < 1.29 is 0 Å². The lowest BCUT2D eigenvalue weighted by molar-refractivity contribution is 0.539. The molecule has 0 amide bonds. The number of nitrogens with zero attached hydrogens (tertiary/aromatic N) is 3. The molecule has 0 aliphatic rings. The van der Waals surface area contributed by atoms with Crippen molar-refractivity contribution in [1.82, 2.24) is 15.0 Å². The number of hydrogen-bond donors (Lipinski definition) is 0. The number of rotatable bonds is 0. The standard InChI is InChI=1S/C14H22.C13H21N.C12H20N2/c1-13(2,3)11-7-9-12(10-8-11)14(4,5)6;1-12(2,3)10-7-8-11(14-9-10)13(4,5)6;1-11(2,3)9-7-14-10(8-13-9)12(4,5)6/h7-10H,1-6H3;7-9H,1-6H3;7-8H,1-6H3. The third kappa shape index (κ3) is 12.4. The third-order valence-electron chi connectivity index (χ3n) is 7.20. The molecule has 0 fully saturated rings. The Kier molecular flexibility index (Phi) is 12.0. The predicted molar refractivity (Wildman–Crippen MR) is 185 cm³/mol. The average Bonchev–Trinajstić information content (AvgIpc) is 2.82. The zero-order valence-corrected chi connectivity index (χ0v) is 30.5. The van der Waals surface area contributed by atoms with Gasteiger partial charge in [-0.25, -0.2) is 0 Å². The quantitative estimate of drug-likeness (QED) is 0.268. The van der Waals surface area contributed by atoms with Crippen LogP contribution in [-0.2, 0) is 32.5 Å². The number of pyridine rings is 1. The maximum absolute atomic E-state index is 4.52. The Morgan fingerprint density at radius 1 is 0.286 bits per heavy atom. The first-order valence-electron chi connectivity index (χ1n) is 15.5. The summed E-state index contributed by atoms with van der Waals surface area (Å²) in [6.07, 6.45) is 5.78. The lowest BCUT2D eigenvalue weighted by Gasteiger charge is -2.23. The van der Waals surface area contributed by atoms with Gasteiger partial charge in [0.15, 0.2) is 0 Å². The van der Waals surface area contributed by atoms with E-state index in [4.69, 9.17) is 0 Å². The molecular formula is C39H63N3. The van der Waals surface area contributed by atoms with Gasteiger partial charge in [0.25, 0.3) is 0 Å². The van der Waals surface area contributed by atoms with E-state index in [1.54, 1.807) is 0 Å². The van der Waals surface area contributed by atoms with Crippen molar-refractivity contribution in [2.45, 2.75) is 157 Å². The molecule has 3 aromatic rings. The Morgan fingerprint density at radius 2 is 0.548 bits per heavy atom. The SMILES string of the molecule is CC(C)(C)c1ccc(C(C)(C)C)cc1.CC(C)(C)c1ccc(C(C)(C)C)nc1.CC(C)(C)c1cnc(C(C)(C)C)cn1. The second-order valence-electron chi connectivity index (χ2n) is 17.8. The normalized spacial score (nSPS) is 13.0. The monoisotopic (exact) mass is 574 g/mol. The zero-order valence-electron chi connectivity index (χ0n) is 30.5. The van der Waals surface area contributed by atoms with Gasteiger partial charge in [-0.15, -0.1) is 0 Å². The van der Waals surface area contributed by atoms with E-state index >= 15 is 0 Å². The third-order valence-corrected chi connectivity index (χ3v) is 7.20. The van der Waals surface area contributed by atoms with Crippen LogP contribution >= 0.6 is 0 Å². The van der Waals surface area contributed by atoms with Gasteiger partial charge in [-0.05, 0) is 39.0 Å². The van der Waals surface area contributed by atoms with Crippen LogP contribution in [0.3, 0.4) is 0 Å². The summed E-state index contributed by atoms with van der Waals surface area (Å²) < 4.78 is 0. The fourth-order valence-corrected chi connectivity index (χ4v) is 3.85. The van der Waals surface area contributed by atoms with E-state index in [0.717, 1.165) is 17.1 Å². The van der Waals surface area contributed by atoms with Crippen LogP contribution in [0.25, 0.3) is 0 Å². The highest BCUT2D eigenvalue weighted by molar-refractivity contribution is 5.31. The van der Waals surface area contributed by atoms with Crippen LogP contribution in [0, 0.1) is 0 Å². The van der Waals surface area contributed by atoms with Crippen LogP contribution in [0.4, 0.5) is 0 Å². The van der Waals surface area contributed by atoms with Crippen molar-refractivity contribution in [3.63, 3.8) is 0 Å². The first-order valence-corrected chi connectivity index (χ1v) is 15.5. The maximum Gasteiger partial charge on any atom is 0.0640 e. The van der Waals surface area contributed by atoms with Crippen LogP contribution in [0.15, 0.2) is 55.0 Å². The molecule has 1 aromatic carbocycles. The molecule has 3 heteroatoms. The lowest BCUT2D eigenvalue weighted by Crippen LogP contribution is -2.18. The fourth-order valence-electron chi connectivity index (χ4n) is 3.85. The fraction of sp³-hybridized carbons (Fsp3) is 0.615. The second kappa shape index (κ2) is 13.4. The van der Waals surface area contributed by atoms with Gasteiger partial charge in [-0.2, -0.15) is 0 Å². The minimum Gasteiger partial charge on any atom is -0.260 e. The maximum atomic E-state index is 4.52. The highest BCUT2D eigenvalue weighted by Gasteiger charge is 2.20. The van der Waals surface area contributed by atoms with Gasteiger partial charge in [-0.1, -0.05) is 155 Å². The van der Waals surface area contributed by atoms with Gasteiger partial charge in [0, 0.05) is 40.5 Å². The van der Waals surface area contributed by atoms with E-state index < -0.39 is 0 Å². The molecule has 3 rings (SSSR count). The van der Waals surface area contributed by atoms with Crippen LogP contribution in [0.1, 0.15) is 158 Å². The molecule has 0 saturated carbocycles. The molecule has 0 saturated heterocycles. The summed E-state index contributed by atoms with van der Waals surface area (Å²) in [6.45, 7) is 39.6. The topological polar surface area (TPSA) is 38.7 Å². The Hall–Kier alpha value is -2.55. The van der Waals surface area contributed by atoms with Gasteiger partial charge < -0.3 is 0 Å². The molecule has 0 radical (unpaired) electrons. The van der Waals surface area contributed by atoms with Crippen molar-refractivity contribution in [3.8, 4) is 0 Å². The first kappa shape index (κ1) is 37.5. The van der Waals surface area contributed by atoms with E-state index in [9.17, 15) is 0 Å². The average molecular weight is 574 g/mol. The molecule has 2 heterocycles. The van der Waals surface area contributed by atoms with Gasteiger partial charge in [0.05, 0.1) is 11.4 Å². The van der Waals surface area contributed by atoms with E-state index in [1.165, 1.54) is 16.7 Å². The minimum atomic E-state index is 0.0867. The Morgan fingerprint density at radius 3 is 0.738 bits per heavy atom. The summed E-state index contributed by atoms with van der Waals surface area (Å²) in [5, 5.41) is 0. The highest BCUT2D eigenvalue weighted by Crippen LogP contribution is 2.28. The van der Waals surface area contributed by atoms with E-state index in [0.29, 0.717) is 0 Å². The molecular weight excluding hydrogens is 510 g/mol. The molecule has 0 bridgehead atoms. The highest BCUT2D eigenvalue weighted by atomic mass is 14.8. The summed E-state index contributed by atoms with van der Waals surface area (Å²) in [4.78, 5) is 13.4. The summed E-state index contributed by atoms with van der Waals surface area (Å²) in [5.41, 5.74) is 8.41. The molecule has 0 atom stereocenters. The van der Waals surface area contributed by atoms with E-state index in [-0.39, 0.29) is 32.5 Å². The van der Waals surface area contributed by atoms with Gasteiger partial charge >= 0.3 is 0 Å². The smallest absolute Gasteiger partial charge is 0.0640 e. The first-order chi connectivity index (χ1) is 18.6. The van der Waals surface area contributed by atoms with Crippen molar-refractivity contribution >= 4 is 0 Å². The summed E-state index contributed by atoms with van der Waals surface area (Å²) >= 11 is 0. The summed E-state index contributed by atoms with van der Waals surface area (Å²) in [5.74, 6) is 0. The molecule has 42 heavy (non-hydrogen) atoms. The molecule has 0 N–H and O–H groups in total. The summed E-state index contributed by atoms with van der Waals surface area (Å²) in [6, 6.07) is 13.3. The van der Waals surface area contributed by atoms with E-state index in [1.807, 2.05) is 18.6 Å². The molecule has 0 unspecified atom stereocenters. The van der Waals surface area contributed by atoms with Crippen LogP contribution < -0.4 is 0 Å². The van der Waals surface area contributed by atoms with E-state index in [2.05, 4.69) is 176 Å². The summed E-state index contributed by atoms with van der Waals surface area (Å²) in [7, 11) is 0. The van der Waals surface area contributed by atoms with Crippen molar-refractivity contribution in [2.24, 2.45) is 0 Å². The lowest BCUT2D eigenvalue weighted by atomic mass is 9.82. The molecule has 0 aliphatic heterocycles. The van der Waals surface area contributed by atoms with Crippen LogP contribution in [0.5, 0.6) is 0 Å². The van der Waals surface area contributed by atoms with Gasteiger partial charge in [-0.3, -0.25) is 15.0 Å². The van der Waals surface area contributed by atoms with Crippen molar-refractivity contribution in [2.75, 3.05) is 0 Å². The molecule has 3 nitrogen and oxygen atoms in total. The number of hydrogen-bond acceptors (Lipinski definition) is 3. The molecule has 2 aromatic heterocycles. The van der Waals surface area contributed by atoms with Crippen molar-refractivity contribution in [3.05, 3.63) is 88.8 Å². The predicted octanol–water partition coefficient (Wildman–Crippen LogP) is 11.0. The number of aromatic nitrogens is 3. The minimum absolute atomic E-state index is 0.0867. The van der Waals surface area contributed by atoms with Crippen LogP contribution in [0.2, 0.25) is 0 Å².